The zero-order valence-electron chi connectivity index (χ0n) is 20.3. The van der Waals surface area contributed by atoms with Crippen LogP contribution < -0.4 is 5.32 Å². The molecule has 1 N–H and O–H groups in total. The van der Waals surface area contributed by atoms with E-state index in [2.05, 4.69) is 17.4 Å². The molecule has 0 unspecified atom stereocenters. The number of ether oxygens (including phenoxy) is 2. The summed E-state index contributed by atoms with van der Waals surface area (Å²) in [6.07, 6.45) is 5.36. The molecule has 7 heteroatoms. The predicted molar refractivity (Wildman–Crippen MR) is 123 cm³/mol. The third kappa shape index (κ3) is 5.80. The van der Waals surface area contributed by atoms with E-state index in [1.807, 2.05) is 34.6 Å². The highest BCUT2D eigenvalue weighted by atomic mass is 16.6. The van der Waals surface area contributed by atoms with Crippen LogP contribution in [0.15, 0.2) is 12.1 Å². The Morgan fingerprint density at radius 2 is 1.88 bits per heavy atom. The molecule has 0 saturated carbocycles. The predicted octanol–water partition coefficient (Wildman–Crippen LogP) is 4.02. The normalized spacial score (nSPS) is 19.1. The molecule has 1 amide bonds. The van der Waals surface area contributed by atoms with Crippen molar-refractivity contribution in [3.05, 3.63) is 29.1 Å². The van der Waals surface area contributed by atoms with Crippen LogP contribution in [0.25, 0.3) is 0 Å². The lowest BCUT2D eigenvalue weighted by Gasteiger charge is -2.43. The molecular weight excluding hydrogens is 406 g/mol. The molecule has 1 saturated heterocycles. The van der Waals surface area contributed by atoms with Gasteiger partial charge in [0.25, 0.3) is 0 Å². The molecule has 0 spiro atoms. The van der Waals surface area contributed by atoms with Gasteiger partial charge in [-0.1, -0.05) is 6.07 Å². The van der Waals surface area contributed by atoms with E-state index in [0.29, 0.717) is 39.1 Å². The van der Waals surface area contributed by atoms with Gasteiger partial charge in [-0.2, -0.15) is 0 Å². The van der Waals surface area contributed by atoms with Gasteiger partial charge in [-0.3, -0.25) is 9.78 Å². The highest BCUT2D eigenvalue weighted by Gasteiger charge is 2.48. The average Bonchev–Trinajstić information content (AvgIpc) is 2.76. The molecule has 1 aliphatic carbocycles. The van der Waals surface area contributed by atoms with Crippen molar-refractivity contribution >= 4 is 12.1 Å². The summed E-state index contributed by atoms with van der Waals surface area (Å²) < 4.78 is 11.0. The Hall–Kier alpha value is -2.15. The van der Waals surface area contributed by atoms with Crippen LogP contribution in [0, 0.1) is 5.41 Å². The van der Waals surface area contributed by atoms with E-state index in [4.69, 9.17) is 14.5 Å². The van der Waals surface area contributed by atoms with Crippen molar-refractivity contribution in [2.45, 2.75) is 91.3 Å². The summed E-state index contributed by atoms with van der Waals surface area (Å²) >= 11 is 0. The van der Waals surface area contributed by atoms with Gasteiger partial charge in [0.05, 0.1) is 17.7 Å². The number of carbonyl (C=O) groups is 2. The second-order valence-electron chi connectivity index (χ2n) is 10.1. The van der Waals surface area contributed by atoms with Crippen LogP contribution in [-0.4, -0.2) is 53.3 Å². The molecular formula is C25H39N3O4. The van der Waals surface area contributed by atoms with Crippen LogP contribution in [0.2, 0.25) is 0 Å². The molecule has 2 heterocycles. The van der Waals surface area contributed by atoms with Crippen molar-refractivity contribution in [2.24, 2.45) is 5.41 Å². The second kappa shape index (κ2) is 10.2. The Bertz CT molecular complexity index is 810. The Balaban J connectivity index is 1.66. The largest absolute Gasteiger partial charge is 0.466 e. The van der Waals surface area contributed by atoms with Gasteiger partial charge < -0.3 is 19.7 Å². The second-order valence-corrected chi connectivity index (χ2v) is 10.1. The Labute approximate surface area is 192 Å². The first-order valence-corrected chi connectivity index (χ1v) is 12.0. The highest BCUT2D eigenvalue weighted by Crippen LogP contribution is 2.37. The quantitative estimate of drug-likeness (QED) is 0.666. The number of nitrogens with one attached hydrogen (secondary N) is 1. The summed E-state index contributed by atoms with van der Waals surface area (Å²) in [5, 5.41) is 3.54. The maximum atomic E-state index is 13.1. The average molecular weight is 446 g/mol. The minimum Gasteiger partial charge on any atom is -0.466 e. The molecule has 0 aromatic carbocycles. The van der Waals surface area contributed by atoms with Crippen LogP contribution in [0.3, 0.4) is 0 Å². The smallest absolute Gasteiger partial charge is 0.410 e. The molecule has 1 fully saturated rings. The minimum absolute atomic E-state index is 0.111. The van der Waals surface area contributed by atoms with E-state index in [9.17, 15) is 9.59 Å². The number of carbonyl (C=O) groups excluding carboxylic acids is 2. The summed E-state index contributed by atoms with van der Waals surface area (Å²) in [6, 6.07) is 4.18. The molecule has 0 radical (unpaired) electrons. The maximum Gasteiger partial charge on any atom is 0.410 e. The maximum absolute atomic E-state index is 13.1. The standard InChI is InChI=1S/C25H39N3O4/c1-6-31-22(29)25(13-15-28(16-14-25)23(30)32-24(3,4)5)18(2)26-17-20-12-11-19-9-7-8-10-21(19)27-20/h11-12,18,26H,6-10,13-17H2,1-5H3/t18-/m0/s1. The fourth-order valence-electron chi connectivity index (χ4n) is 4.68. The zero-order valence-corrected chi connectivity index (χ0v) is 20.3. The number of aromatic nitrogens is 1. The third-order valence-electron chi connectivity index (χ3n) is 6.64. The Morgan fingerprint density at radius 3 is 2.53 bits per heavy atom. The molecule has 1 aromatic rings. The molecule has 1 atom stereocenters. The van der Waals surface area contributed by atoms with Crippen molar-refractivity contribution in [1.82, 2.24) is 15.2 Å². The molecule has 2 aliphatic rings. The van der Waals surface area contributed by atoms with Crippen molar-refractivity contribution < 1.29 is 19.1 Å². The van der Waals surface area contributed by atoms with E-state index in [1.54, 1.807) is 4.90 Å². The van der Waals surface area contributed by atoms with Gasteiger partial charge in [-0.15, -0.1) is 0 Å². The SMILES string of the molecule is CCOC(=O)C1([C@H](C)NCc2ccc3c(n2)CCCC3)CCN(C(=O)OC(C)(C)C)CC1. The van der Waals surface area contributed by atoms with Crippen LogP contribution >= 0.6 is 0 Å². The topological polar surface area (TPSA) is 80.8 Å². The molecule has 178 valence electrons. The monoisotopic (exact) mass is 445 g/mol. The van der Waals surface area contributed by atoms with Gasteiger partial charge in [0, 0.05) is 31.4 Å². The van der Waals surface area contributed by atoms with Crippen LogP contribution in [0.1, 0.15) is 77.3 Å². The zero-order chi connectivity index (χ0) is 23.4. The van der Waals surface area contributed by atoms with Crippen molar-refractivity contribution in [3.63, 3.8) is 0 Å². The van der Waals surface area contributed by atoms with Crippen molar-refractivity contribution in [1.29, 1.82) is 0 Å². The number of likely N-dealkylation sites (tertiary alicyclic amines) is 1. The van der Waals surface area contributed by atoms with Gasteiger partial charge in [0.1, 0.15) is 5.60 Å². The fraction of sp³-hybridized carbons (Fsp3) is 0.720. The number of piperidine rings is 1. The number of hydrogen-bond donors (Lipinski definition) is 1. The molecule has 1 aliphatic heterocycles. The van der Waals surface area contributed by atoms with Gasteiger partial charge in [-0.25, -0.2) is 4.79 Å². The summed E-state index contributed by atoms with van der Waals surface area (Å²) in [6.45, 7) is 11.3. The number of pyridine rings is 1. The highest BCUT2D eigenvalue weighted by molar-refractivity contribution is 5.78. The number of fused-ring (bicyclic) bond motifs is 1. The summed E-state index contributed by atoms with van der Waals surface area (Å²) in [5.41, 5.74) is 2.37. The third-order valence-corrected chi connectivity index (χ3v) is 6.64. The minimum atomic E-state index is -0.678. The number of esters is 1. The lowest BCUT2D eigenvalue weighted by Crippen LogP contribution is -2.56. The van der Waals surface area contributed by atoms with Crippen molar-refractivity contribution in [2.75, 3.05) is 19.7 Å². The number of nitrogens with zero attached hydrogens (tertiary/aromatic N) is 2. The van der Waals surface area contributed by atoms with Crippen LogP contribution in [-0.2, 0) is 33.7 Å². The van der Waals surface area contributed by atoms with E-state index in [0.717, 1.165) is 18.5 Å². The van der Waals surface area contributed by atoms with E-state index < -0.39 is 11.0 Å². The molecule has 32 heavy (non-hydrogen) atoms. The van der Waals surface area contributed by atoms with E-state index in [1.165, 1.54) is 24.1 Å². The number of amides is 1. The van der Waals surface area contributed by atoms with Gasteiger partial charge in [0.2, 0.25) is 0 Å². The van der Waals surface area contributed by atoms with Crippen molar-refractivity contribution in [3.8, 4) is 0 Å². The van der Waals surface area contributed by atoms with Gasteiger partial charge >= 0.3 is 12.1 Å². The summed E-state index contributed by atoms with van der Waals surface area (Å²) in [5.74, 6) is -0.192. The first-order chi connectivity index (χ1) is 15.1. The van der Waals surface area contributed by atoms with Crippen LogP contribution in [0.5, 0.6) is 0 Å². The van der Waals surface area contributed by atoms with Gasteiger partial charge in [0.15, 0.2) is 0 Å². The molecule has 1 aromatic heterocycles. The summed E-state index contributed by atoms with van der Waals surface area (Å²) in [7, 11) is 0. The number of hydrogen-bond acceptors (Lipinski definition) is 6. The first kappa shape index (κ1) is 24.5. The van der Waals surface area contributed by atoms with Crippen LogP contribution in [0.4, 0.5) is 4.79 Å². The van der Waals surface area contributed by atoms with E-state index in [-0.39, 0.29) is 18.1 Å². The Kier molecular flexibility index (Phi) is 7.80. The van der Waals surface area contributed by atoms with E-state index >= 15 is 0 Å². The molecule has 7 nitrogen and oxygen atoms in total. The summed E-state index contributed by atoms with van der Waals surface area (Å²) in [4.78, 5) is 32.1. The molecule has 0 bridgehead atoms. The first-order valence-electron chi connectivity index (χ1n) is 12.0. The number of aryl methyl sites for hydroxylation is 2. The lowest BCUT2D eigenvalue weighted by molar-refractivity contribution is -0.160. The fourth-order valence-corrected chi connectivity index (χ4v) is 4.68. The lowest BCUT2D eigenvalue weighted by atomic mass is 9.72. The molecule has 3 rings (SSSR count). The van der Waals surface area contributed by atoms with Gasteiger partial charge in [-0.05, 0) is 84.8 Å². The number of rotatable bonds is 6. The Morgan fingerprint density at radius 1 is 1.19 bits per heavy atom.